The highest BCUT2D eigenvalue weighted by molar-refractivity contribution is 5.47. The molecule has 0 saturated heterocycles. The predicted octanol–water partition coefficient (Wildman–Crippen LogP) is 2.26. The Hall–Kier alpha value is -1.36. The Bertz CT molecular complexity index is 353. The molecule has 1 rings (SSSR count). The number of aryl methyl sites for hydroxylation is 1. The van der Waals surface area contributed by atoms with Crippen molar-refractivity contribution in [3.8, 4) is 11.5 Å². The van der Waals surface area contributed by atoms with Crippen LogP contribution in [0.2, 0.25) is 0 Å². The van der Waals surface area contributed by atoms with Crippen LogP contribution in [0.5, 0.6) is 11.5 Å². The van der Waals surface area contributed by atoms with Crippen LogP contribution in [-0.2, 0) is 6.42 Å². The molecule has 1 aromatic rings. The second-order valence-corrected chi connectivity index (χ2v) is 3.35. The quantitative estimate of drug-likeness (QED) is 0.818. The molecule has 2 N–H and O–H groups in total. The zero-order valence-electron chi connectivity index (χ0n) is 8.91. The van der Waals surface area contributed by atoms with Gasteiger partial charge < -0.3 is 14.9 Å². The molecule has 16 heavy (non-hydrogen) atoms. The first kappa shape index (κ1) is 12.7. The fourth-order valence-electron chi connectivity index (χ4n) is 1.43. The second kappa shape index (κ2) is 5.65. The number of methoxy groups -OCH3 is 1. The predicted molar refractivity (Wildman–Crippen MR) is 55.0 cm³/mol. The Kier molecular flexibility index (Phi) is 4.49. The van der Waals surface area contributed by atoms with Crippen molar-refractivity contribution in [2.24, 2.45) is 0 Å². The van der Waals surface area contributed by atoms with Gasteiger partial charge >= 0.3 is 0 Å². The summed E-state index contributed by atoms with van der Waals surface area (Å²) in [4.78, 5) is 0. The molecule has 0 amide bonds. The van der Waals surface area contributed by atoms with E-state index in [1.54, 1.807) is 0 Å². The number of phenolic OH excluding ortho intramolecular Hbond substituents is 1. The summed E-state index contributed by atoms with van der Waals surface area (Å²) in [6, 6.07) is 2.61. The minimum atomic E-state index is -2.75. The minimum Gasteiger partial charge on any atom is -0.507 e. The van der Waals surface area contributed by atoms with E-state index in [0.29, 0.717) is 18.4 Å². The number of aliphatic hydroxyl groups is 1. The third-order valence-corrected chi connectivity index (χ3v) is 2.27. The molecule has 0 aromatic heterocycles. The van der Waals surface area contributed by atoms with Crippen LogP contribution in [0, 0.1) is 0 Å². The average molecular weight is 232 g/mol. The minimum absolute atomic E-state index is 0.0549. The number of phenols is 1. The molecule has 0 bridgehead atoms. The molecule has 5 heteroatoms. The number of aliphatic hydroxyl groups excluding tert-OH is 1. The number of hydrogen-bond donors (Lipinski definition) is 2. The number of alkyl halides is 2. The van der Waals surface area contributed by atoms with Gasteiger partial charge in [-0.25, -0.2) is 8.78 Å². The summed E-state index contributed by atoms with van der Waals surface area (Å²) in [5.74, 6) is -0.134. The van der Waals surface area contributed by atoms with Crippen molar-refractivity contribution in [2.45, 2.75) is 19.3 Å². The Morgan fingerprint density at radius 3 is 2.56 bits per heavy atom. The topological polar surface area (TPSA) is 49.7 Å². The van der Waals surface area contributed by atoms with Gasteiger partial charge in [0.25, 0.3) is 6.43 Å². The molecule has 0 spiro atoms. The molecule has 0 heterocycles. The SMILES string of the molecule is COc1cc(CCCO)c(O)c(C(F)F)c1. The van der Waals surface area contributed by atoms with E-state index in [0.717, 1.165) is 6.07 Å². The van der Waals surface area contributed by atoms with Crippen LogP contribution in [-0.4, -0.2) is 23.9 Å². The van der Waals surface area contributed by atoms with Crippen LogP contribution >= 0.6 is 0 Å². The van der Waals surface area contributed by atoms with Crippen molar-refractivity contribution in [1.82, 2.24) is 0 Å². The molecule has 3 nitrogen and oxygen atoms in total. The average Bonchev–Trinajstić information content (AvgIpc) is 2.27. The summed E-state index contributed by atoms with van der Waals surface area (Å²) in [6.45, 7) is -0.0549. The lowest BCUT2D eigenvalue weighted by molar-refractivity contribution is 0.147. The van der Waals surface area contributed by atoms with Gasteiger partial charge in [-0.15, -0.1) is 0 Å². The Morgan fingerprint density at radius 2 is 2.06 bits per heavy atom. The zero-order chi connectivity index (χ0) is 12.1. The van der Waals surface area contributed by atoms with Gasteiger partial charge in [0.05, 0.1) is 12.7 Å². The molecule has 1 aromatic carbocycles. The maximum atomic E-state index is 12.6. The molecule has 0 fully saturated rings. The maximum absolute atomic E-state index is 12.6. The normalized spacial score (nSPS) is 10.8. The number of rotatable bonds is 5. The van der Waals surface area contributed by atoms with Gasteiger partial charge in [-0.1, -0.05) is 0 Å². The first-order valence-electron chi connectivity index (χ1n) is 4.89. The third-order valence-electron chi connectivity index (χ3n) is 2.27. The molecular weight excluding hydrogens is 218 g/mol. The Balaban J connectivity index is 3.10. The Labute approximate surface area is 92.3 Å². The zero-order valence-corrected chi connectivity index (χ0v) is 8.91. The van der Waals surface area contributed by atoms with Gasteiger partial charge in [-0.05, 0) is 30.5 Å². The molecule has 0 atom stereocenters. The number of halogens is 2. The highest BCUT2D eigenvalue weighted by Crippen LogP contribution is 2.35. The van der Waals surface area contributed by atoms with Crippen molar-refractivity contribution >= 4 is 0 Å². The first-order valence-corrected chi connectivity index (χ1v) is 4.89. The van der Waals surface area contributed by atoms with E-state index < -0.39 is 17.7 Å². The summed E-state index contributed by atoms with van der Waals surface area (Å²) in [7, 11) is 1.37. The van der Waals surface area contributed by atoms with Gasteiger partial charge in [0.2, 0.25) is 0 Å². The van der Waals surface area contributed by atoms with Gasteiger partial charge in [-0.3, -0.25) is 0 Å². The molecule has 0 saturated carbocycles. The Morgan fingerprint density at radius 1 is 1.38 bits per heavy atom. The van der Waals surface area contributed by atoms with Gasteiger partial charge in [0.1, 0.15) is 11.5 Å². The lowest BCUT2D eigenvalue weighted by Gasteiger charge is -2.11. The van der Waals surface area contributed by atoms with Gasteiger partial charge in [0, 0.05) is 6.61 Å². The van der Waals surface area contributed by atoms with E-state index >= 15 is 0 Å². The molecule has 0 aliphatic carbocycles. The van der Waals surface area contributed by atoms with Crippen LogP contribution in [0.3, 0.4) is 0 Å². The number of hydrogen-bond acceptors (Lipinski definition) is 3. The van der Waals surface area contributed by atoms with E-state index in [1.165, 1.54) is 13.2 Å². The van der Waals surface area contributed by atoms with E-state index in [9.17, 15) is 13.9 Å². The van der Waals surface area contributed by atoms with E-state index in [4.69, 9.17) is 9.84 Å². The monoisotopic (exact) mass is 232 g/mol. The number of benzene rings is 1. The molecular formula is C11H14F2O3. The largest absolute Gasteiger partial charge is 0.507 e. The second-order valence-electron chi connectivity index (χ2n) is 3.35. The summed E-state index contributed by atoms with van der Waals surface area (Å²) < 4.78 is 30.0. The molecule has 0 radical (unpaired) electrons. The lowest BCUT2D eigenvalue weighted by atomic mass is 10.0. The van der Waals surface area contributed by atoms with Crippen molar-refractivity contribution in [1.29, 1.82) is 0 Å². The van der Waals surface area contributed by atoms with Crippen molar-refractivity contribution < 1.29 is 23.7 Å². The van der Waals surface area contributed by atoms with Crippen molar-refractivity contribution in [3.05, 3.63) is 23.3 Å². The van der Waals surface area contributed by atoms with E-state index in [1.807, 2.05) is 0 Å². The summed E-state index contributed by atoms with van der Waals surface area (Å²) in [6.07, 6.45) is -2.01. The van der Waals surface area contributed by atoms with Gasteiger partial charge in [0.15, 0.2) is 0 Å². The van der Waals surface area contributed by atoms with Crippen LogP contribution < -0.4 is 4.74 Å². The highest BCUT2D eigenvalue weighted by atomic mass is 19.3. The molecule has 0 unspecified atom stereocenters. The van der Waals surface area contributed by atoms with Crippen molar-refractivity contribution in [2.75, 3.05) is 13.7 Å². The lowest BCUT2D eigenvalue weighted by Crippen LogP contribution is -1.96. The highest BCUT2D eigenvalue weighted by Gasteiger charge is 2.17. The van der Waals surface area contributed by atoms with Crippen molar-refractivity contribution in [3.63, 3.8) is 0 Å². The number of aromatic hydroxyl groups is 1. The van der Waals surface area contributed by atoms with Gasteiger partial charge in [-0.2, -0.15) is 0 Å². The van der Waals surface area contributed by atoms with E-state index in [2.05, 4.69) is 0 Å². The van der Waals surface area contributed by atoms with Crippen LogP contribution in [0.4, 0.5) is 8.78 Å². The third kappa shape index (κ3) is 2.82. The summed E-state index contributed by atoms with van der Waals surface area (Å²) in [5, 5.41) is 18.3. The molecule has 90 valence electrons. The summed E-state index contributed by atoms with van der Waals surface area (Å²) >= 11 is 0. The van der Waals surface area contributed by atoms with Crippen LogP contribution in [0.25, 0.3) is 0 Å². The first-order chi connectivity index (χ1) is 7.60. The maximum Gasteiger partial charge on any atom is 0.267 e. The fraction of sp³-hybridized carbons (Fsp3) is 0.455. The van der Waals surface area contributed by atoms with Crippen LogP contribution in [0.1, 0.15) is 24.0 Å². The standard InChI is InChI=1S/C11H14F2O3/c1-16-8-5-7(3-2-4-14)10(15)9(6-8)11(12)13/h5-6,11,14-15H,2-4H2,1H3. The van der Waals surface area contributed by atoms with E-state index in [-0.39, 0.29) is 12.4 Å². The summed E-state index contributed by atoms with van der Waals surface area (Å²) in [5.41, 5.74) is -0.0732. The fourth-order valence-corrected chi connectivity index (χ4v) is 1.43. The number of ether oxygens (including phenoxy) is 1. The smallest absolute Gasteiger partial charge is 0.267 e. The molecule has 0 aliphatic rings. The van der Waals surface area contributed by atoms with Crippen LogP contribution in [0.15, 0.2) is 12.1 Å². The molecule has 0 aliphatic heterocycles.